The molecule has 28 heavy (non-hydrogen) atoms. The summed E-state index contributed by atoms with van der Waals surface area (Å²) < 4.78 is 31.2. The van der Waals surface area contributed by atoms with Gasteiger partial charge in [0.15, 0.2) is 11.2 Å². The van der Waals surface area contributed by atoms with Gasteiger partial charge in [-0.15, -0.1) is 11.3 Å². The molecule has 1 aromatic carbocycles. The summed E-state index contributed by atoms with van der Waals surface area (Å²) in [7, 11) is -3.56. The minimum atomic E-state index is -3.56. The largest absolute Gasteiger partial charge is 0.476 e. The van der Waals surface area contributed by atoms with Crippen LogP contribution < -0.4 is 14.4 Å². The van der Waals surface area contributed by atoms with Crippen LogP contribution in [0, 0.1) is 0 Å². The van der Waals surface area contributed by atoms with Crippen LogP contribution in [0.15, 0.2) is 54.0 Å². The van der Waals surface area contributed by atoms with Crippen molar-refractivity contribution < 1.29 is 17.9 Å². The quantitative estimate of drug-likeness (QED) is 0.701. The second-order valence-electron chi connectivity index (χ2n) is 6.11. The van der Waals surface area contributed by atoms with Crippen LogP contribution >= 0.6 is 11.3 Å². The maximum absolute atomic E-state index is 12.7. The van der Waals surface area contributed by atoms with E-state index >= 15 is 0 Å². The molecule has 3 aromatic rings. The van der Waals surface area contributed by atoms with Crippen molar-refractivity contribution in [3.63, 3.8) is 0 Å². The summed E-state index contributed by atoms with van der Waals surface area (Å²) in [5, 5.41) is 4.88. The Morgan fingerprint density at radius 1 is 1.21 bits per heavy atom. The van der Waals surface area contributed by atoms with E-state index in [1.54, 1.807) is 35.8 Å². The molecule has 4 rings (SSSR count). The Morgan fingerprint density at radius 2 is 2.00 bits per heavy atom. The molecule has 1 N–H and O–H groups in total. The number of ether oxygens (including phenoxy) is 1. The third kappa shape index (κ3) is 3.69. The van der Waals surface area contributed by atoms with Crippen LogP contribution in [0.2, 0.25) is 0 Å². The molecule has 0 radical (unpaired) electrons. The number of aromatic nitrogens is 2. The van der Waals surface area contributed by atoms with Crippen molar-refractivity contribution in [3.05, 3.63) is 54.0 Å². The average molecular weight is 416 g/mol. The van der Waals surface area contributed by atoms with E-state index in [2.05, 4.69) is 15.3 Å². The van der Waals surface area contributed by atoms with Gasteiger partial charge in [-0.3, -0.25) is 19.4 Å². The van der Waals surface area contributed by atoms with Crippen molar-refractivity contribution in [2.24, 2.45) is 0 Å². The topological polar surface area (TPSA) is 101 Å². The standard InChI is InChI=1S/C18H16N4O4S2/c1-28(24,25)22-10-16(26-15-8-3-2-7-14(15)22)17(23)21-18-20-13(11-27-18)12-6-4-5-9-19-12/h2-9,11,16H,10H2,1H3,(H,20,21,23)/t16-/m0/s1. The first-order valence-electron chi connectivity index (χ1n) is 8.33. The highest BCUT2D eigenvalue weighted by atomic mass is 32.2. The third-order valence-electron chi connectivity index (χ3n) is 4.09. The maximum Gasteiger partial charge on any atom is 0.269 e. The van der Waals surface area contributed by atoms with E-state index in [-0.39, 0.29) is 6.54 Å². The molecular formula is C18H16N4O4S2. The van der Waals surface area contributed by atoms with E-state index in [1.807, 2.05) is 18.2 Å². The highest BCUT2D eigenvalue weighted by Crippen LogP contribution is 2.35. The molecule has 3 heterocycles. The number of hydrogen-bond donors (Lipinski definition) is 1. The fourth-order valence-electron chi connectivity index (χ4n) is 2.80. The van der Waals surface area contributed by atoms with Gasteiger partial charge < -0.3 is 4.74 Å². The molecule has 0 unspecified atom stereocenters. The smallest absolute Gasteiger partial charge is 0.269 e. The first kappa shape index (κ1) is 18.4. The number of nitrogens with one attached hydrogen (secondary N) is 1. The van der Waals surface area contributed by atoms with Crippen LogP contribution in [0.3, 0.4) is 0 Å². The minimum absolute atomic E-state index is 0.111. The van der Waals surface area contributed by atoms with Gasteiger partial charge in [0.2, 0.25) is 10.0 Å². The Hall–Kier alpha value is -2.98. The summed E-state index contributed by atoms with van der Waals surface area (Å²) >= 11 is 1.26. The van der Waals surface area contributed by atoms with Crippen LogP contribution in [-0.2, 0) is 14.8 Å². The van der Waals surface area contributed by atoms with E-state index in [1.165, 1.54) is 15.6 Å². The molecule has 0 fully saturated rings. The van der Waals surface area contributed by atoms with Crippen LogP contribution in [0.4, 0.5) is 10.8 Å². The predicted molar refractivity (Wildman–Crippen MR) is 107 cm³/mol. The van der Waals surface area contributed by atoms with Crippen molar-refractivity contribution in [1.82, 2.24) is 9.97 Å². The van der Waals surface area contributed by atoms with Crippen LogP contribution in [0.25, 0.3) is 11.4 Å². The van der Waals surface area contributed by atoms with Gasteiger partial charge in [0.1, 0.15) is 11.4 Å². The molecule has 0 saturated carbocycles. The number of fused-ring (bicyclic) bond motifs is 1. The number of para-hydroxylation sites is 2. The summed E-state index contributed by atoms with van der Waals surface area (Å²) in [5.74, 6) is -0.127. The van der Waals surface area contributed by atoms with Crippen LogP contribution in [-0.4, -0.2) is 43.2 Å². The molecule has 1 atom stereocenters. The Bertz CT molecular complexity index is 1120. The summed E-state index contributed by atoms with van der Waals surface area (Å²) in [6.45, 7) is -0.111. The summed E-state index contributed by atoms with van der Waals surface area (Å²) in [5.41, 5.74) is 1.76. The number of carbonyl (C=O) groups excluding carboxylic acids is 1. The Kier molecular flexibility index (Phi) is 4.73. The summed E-state index contributed by atoms with van der Waals surface area (Å²) in [4.78, 5) is 21.3. The Labute approximate surface area is 165 Å². The second-order valence-corrected chi connectivity index (χ2v) is 8.88. The molecule has 8 nitrogen and oxygen atoms in total. The van der Waals surface area contributed by atoms with Crippen LogP contribution in [0.1, 0.15) is 0 Å². The fourth-order valence-corrected chi connectivity index (χ4v) is 4.42. The number of thiazole rings is 1. The first-order valence-corrected chi connectivity index (χ1v) is 11.1. The lowest BCUT2D eigenvalue weighted by Crippen LogP contribution is -2.48. The number of benzene rings is 1. The van der Waals surface area contributed by atoms with Crippen molar-refractivity contribution in [2.45, 2.75) is 6.10 Å². The van der Waals surface area contributed by atoms with Gasteiger partial charge in [0.25, 0.3) is 5.91 Å². The number of hydrogen-bond acceptors (Lipinski definition) is 7. The normalized spacial score (nSPS) is 16.2. The van der Waals surface area contributed by atoms with Gasteiger partial charge in [0, 0.05) is 11.6 Å². The van der Waals surface area contributed by atoms with Gasteiger partial charge in [-0.25, -0.2) is 13.4 Å². The number of amides is 1. The number of sulfonamides is 1. The number of nitrogens with zero attached hydrogens (tertiary/aromatic N) is 3. The molecule has 0 bridgehead atoms. The van der Waals surface area contributed by atoms with Crippen LogP contribution in [0.5, 0.6) is 5.75 Å². The average Bonchev–Trinajstić information content (AvgIpc) is 3.15. The van der Waals surface area contributed by atoms with Crippen molar-refractivity contribution in [1.29, 1.82) is 0 Å². The zero-order chi connectivity index (χ0) is 19.7. The molecular weight excluding hydrogens is 400 g/mol. The molecule has 2 aromatic heterocycles. The molecule has 0 aliphatic carbocycles. The number of rotatable bonds is 4. The third-order valence-corrected chi connectivity index (χ3v) is 5.99. The number of carbonyl (C=O) groups is 1. The van der Waals surface area contributed by atoms with E-state index in [0.717, 1.165) is 6.26 Å². The van der Waals surface area contributed by atoms with Gasteiger partial charge in [-0.1, -0.05) is 18.2 Å². The zero-order valence-corrected chi connectivity index (χ0v) is 16.4. The molecule has 144 valence electrons. The highest BCUT2D eigenvalue weighted by molar-refractivity contribution is 7.92. The maximum atomic E-state index is 12.7. The van der Waals surface area contributed by atoms with Crippen molar-refractivity contribution >= 4 is 38.1 Å². The lowest BCUT2D eigenvalue weighted by Gasteiger charge is -2.33. The van der Waals surface area contributed by atoms with E-state index < -0.39 is 22.0 Å². The van der Waals surface area contributed by atoms with E-state index in [4.69, 9.17) is 4.74 Å². The molecule has 1 amide bonds. The zero-order valence-electron chi connectivity index (χ0n) is 14.8. The molecule has 1 aliphatic rings. The van der Waals surface area contributed by atoms with Gasteiger partial charge in [0.05, 0.1) is 24.2 Å². The number of anilines is 2. The molecule has 0 saturated heterocycles. The summed E-state index contributed by atoms with van der Waals surface area (Å²) in [6, 6.07) is 12.2. The SMILES string of the molecule is CS(=O)(=O)N1C[C@@H](C(=O)Nc2nc(-c3ccccn3)cs2)Oc2ccccc21. The van der Waals surface area contributed by atoms with Crippen molar-refractivity contribution in [2.75, 3.05) is 22.4 Å². The first-order chi connectivity index (χ1) is 13.4. The van der Waals surface area contributed by atoms with E-state index in [0.29, 0.717) is 28.0 Å². The Balaban J connectivity index is 1.54. The van der Waals surface area contributed by atoms with Crippen molar-refractivity contribution in [3.8, 4) is 17.1 Å². The fraction of sp³-hybridized carbons (Fsp3) is 0.167. The van der Waals surface area contributed by atoms with Gasteiger partial charge in [-0.05, 0) is 24.3 Å². The monoisotopic (exact) mass is 416 g/mol. The minimum Gasteiger partial charge on any atom is -0.476 e. The van der Waals surface area contributed by atoms with Gasteiger partial charge in [-0.2, -0.15) is 0 Å². The molecule has 0 spiro atoms. The Morgan fingerprint density at radius 3 is 2.75 bits per heavy atom. The van der Waals surface area contributed by atoms with Gasteiger partial charge >= 0.3 is 0 Å². The number of pyridine rings is 1. The summed E-state index contributed by atoms with van der Waals surface area (Å²) in [6.07, 6.45) is 1.77. The molecule has 1 aliphatic heterocycles. The highest BCUT2D eigenvalue weighted by Gasteiger charge is 2.35. The lowest BCUT2D eigenvalue weighted by molar-refractivity contribution is -0.122. The second kappa shape index (κ2) is 7.21. The molecule has 10 heteroatoms. The predicted octanol–water partition coefficient (Wildman–Crippen LogP) is 2.37. The van der Waals surface area contributed by atoms with E-state index in [9.17, 15) is 13.2 Å². The lowest BCUT2D eigenvalue weighted by atomic mass is 10.2.